The van der Waals surface area contributed by atoms with Crippen LogP contribution in [0.2, 0.25) is 0 Å². The lowest BCUT2D eigenvalue weighted by atomic mass is 10.2. The summed E-state index contributed by atoms with van der Waals surface area (Å²) < 4.78 is 5.05. The van der Waals surface area contributed by atoms with Gasteiger partial charge < -0.3 is 15.0 Å². The normalized spacial score (nSPS) is 10.2. The van der Waals surface area contributed by atoms with E-state index in [1.54, 1.807) is 4.90 Å². The molecule has 0 rings (SSSR count). The maximum atomic E-state index is 12.0. The van der Waals surface area contributed by atoms with Gasteiger partial charge in [-0.15, -0.1) is 0 Å². The summed E-state index contributed by atoms with van der Waals surface area (Å²) in [5, 5.41) is 2.44. The molecule has 0 unspecified atom stereocenters. The summed E-state index contributed by atoms with van der Waals surface area (Å²) >= 11 is 0. The zero-order valence-corrected chi connectivity index (χ0v) is 14.0. The summed E-state index contributed by atoms with van der Waals surface area (Å²) in [4.78, 5) is 24.9. The summed E-state index contributed by atoms with van der Waals surface area (Å²) in [6.07, 6.45) is 8.62. The van der Waals surface area contributed by atoms with Crippen molar-refractivity contribution < 1.29 is 14.3 Å². The van der Waals surface area contributed by atoms with E-state index in [2.05, 4.69) is 19.2 Å². The third-order valence-corrected chi connectivity index (χ3v) is 3.43. The lowest BCUT2D eigenvalue weighted by Crippen LogP contribution is -2.36. The third kappa shape index (κ3) is 11.1. The van der Waals surface area contributed by atoms with Crippen molar-refractivity contribution in [2.24, 2.45) is 0 Å². The van der Waals surface area contributed by atoms with Crippen LogP contribution in [0.1, 0.15) is 65.2 Å². The molecule has 0 radical (unpaired) electrons. The largest absolute Gasteiger partial charge is 0.439 e. The second-order valence-corrected chi connectivity index (χ2v) is 5.34. The lowest BCUT2D eigenvalue weighted by Gasteiger charge is -2.22. The molecule has 0 aromatic carbocycles. The van der Waals surface area contributed by atoms with Gasteiger partial charge in [-0.2, -0.15) is 0 Å². The second-order valence-electron chi connectivity index (χ2n) is 5.34. The zero-order valence-electron chi connectivity index (χ0n) is 14.0. The van der Waals surface area contributed by atoms with Gasteiger partial charge in [-0.1, -0.05) is 52.4 Å². The van der Waals surface area contributed by atoms with E-state index in [0.29, 0.717) is 0 Å². The Balaban J connectivity index is 4.13. The highest BCUT2D eigenvalue weighted by Gasteiger charge is 2.15. The van der Waals surface area contributed by atoms with Crippen molar-refractivity contribution in [3.63, 3.8) is 0 Å². The number of nitrogens with one attached hydrogen (secondary N) is 1. The van der Waals surface area contributed by atoms with Crippen molar-refractivity contribution in [3.8, 4) is 0 Å². The number of nitrogens with zero attached hydrogens (tertiary/aromatic N) is 1. The average molecular weight is 300 g/mol. The number of amides is 2. The van der Waals surface area contributed by atoms with E-state index < -0.39 is 0 Å². The molecule has 5 heteroatoms. The Labute approximate surface area is 129 Å². The average Bonchev–Trinajstić information content (AvgIpc) is 2.50. The minimum absolute atomic E-state index is 0.199. The maximum Gasteiger partial charge on any atom is 0.410 e. The van der Waals surface area contributed by atoms with Crippen LogP contribution in [0, 0.1) is 0 Å². The number of likely N-dealkylation sites (N-methyl/N-ethyl adjacent to an activating group) is 1. The van der Waals surface area contributed by atoms with Crippen molar-refractivity contribution in [2.75, 3.05) is 26.7 Å². The smallest absolute Gasteiger partial charge is 0.410 e. The Morgan fingerprint density at radius 3 is 1.86 bits per heavy atom. The molecule has 0 aromatic rings. The highest BCUT2D eigenvalue weighted by atomic mass is 16.6. The molecule has 0 saturated heterocycles. The van der Waals surface area contributed by atoms with Gasteiger partial charge in [0.05, 0.1) is 0 Å². The minimum atomic E-state index is -0.369. The van der Waals surface area contributed by atoms with E-state index in [-0.39, 0.29) is 18.6 Å². The summed E-state index contributed by atoms with van der Waals surface area (Å²) in [5.74, 6) is -0.278. The molecule has 5 nitrogen and oxygen atoms in total. The molecule has 0 bridgehead atoms. The quantitative estimate of drug-likeness (QED) is 0.562. The number of rotatable bonds is 12. The highest BCUT2D eigenvalue weighted by Crippen LogP contribution is 2.07. The molecule has 0 fully saturated rings. The standard InChI is InChI=1S/C16H32N2O3/c1-4-6-8-10-12-18(13-11-9-7-5-2)16(20)21-14-15(19)17-3/h4-14H2,1-3H3,(H,17,19). The van der Waals surface area contributed by atoms with Gasteiger partial charge in [0.1, 0.15) is 0 Å². The van der Waals surface area contributed by atoms with Crippen molar-refractivity contribution in [1.82, 2.24) is 10.2 Å². The molecule has 0 atom stereocenters. The Bertz CT molecular complexity index is 271. The molecule has 0 aromatic heterocycles. The number of hydrogen-bond donors (Lipinski definition) is 1. The van der Waals surface area contributed by atoms with Crippen LogP contribution in [-0.4, -0.2) is 43.6 Å². The van der Waals surface area contributed by atoms with E-state index in [0.717, 1.165) is 38.8 Å². The molecule has 1 N–H and O–H groups in total. The predicted molar refractivity (Wildman–Crippen MR) is 85.3 cm³/mol. The molecule has 0 saturated carbocycles. The van der Waals surface area contributed by atoms with E-state index in [1.165, 1.54) is 32.7 Å². The molecular formula is C16H32N2O3. The second kappa shape index (κ2) is 13.7. The van der Waals surface area contributed by atoms with Crippen LogP contribution in [0.25, 0.3) is 0 Å². The fraction of sp³-hybridized carbons (Fsp3) is 0.875. The van der Waals surface area contributed by atoms with E-state index >= 15 is 0 Å². The maximum absolute atomic E-state index is 12.0. The number of hydrogen-bond acceptors (Lipinski definition) is 3. The van der Waals surface area contributed by atoms with Gasteiger partial charge in [0.25, 0.3) is 5.91 Å². The fourth-order valence-corrected chi connectivity index (χ4v) is 2.04. The van der Waals surface area contributed by atoms with Crippen molar-refractivity contribution >= 4 is 12.0 Å². The highest BCUT2D eigenvalue weighted by molar-refractivity contribution is 5.79. The first-order chi connectivity index (χ1) is 10.2. The van der Waals surface area contributed by atoms with Crippen LogP contribution < -0.4 is 5.32 Å². The van der Waals surface area contributed by atoms with Crippen LogP contribution in [0.5, 0.6) is 0 Å². The van der Waals surface area contributed by atoms with Gasteiger partial charge in [-0.05, 0) is 12.8 Å². The Morgan fingerprint density at radius 2 is 1.43 bits per heavy atom. The van der Waals surface area contributed by atoms with Crippen LogP contribution in [0.4, 0.5) is 4.79 Å². The molecule has 21 heavy (non-hydrogen) atoms. The Hall–Kier alpha value is -1.26. The molecule has 0 aliphatic carbocycles. The third-order valence-electron chi connectivity index (χ3n) is 3.43. The summed E-state index contributed by atoms with van der Waals surface area (Å²) in [7, 11) is 1.53. The molecule has 0 aliphatic heterocycles. The van der Waals surface area contributed by atoms with E-state index in [1.807, 2.05) is 0 Å². The van der Waals surface area contributed by atoms with Gasteiger partial charge in [0.2, 0.25) is 0 Å². The molecule has 0 heterocycles. The summed E-state index contributed by atoms with van der Waals surface area (Å²) in [5.41, 5.74) is 0. The van der Waals surface area contributed by atoms with Crippen LogP contribution in [0.15, 0.2) is 0 Å². The van der Waals surface area contributed by atoms with Crippen LogP contribution in [0.3, 0.4) is 0 Å². The molecule has 0 aliphatic rings. The van der Waals surface area contributed by atoms with Gasteiger partial charge in [-0.3, -0.25) is 4.79 Å². The van der Waals surface area contributed by atoms with Crippen LogP contribution >= 0.6 is 0 Å². The number of carbonyl (C=O) groups is 2. The SMILES string of the molecule is CCCCCCN(CCCCCC)C(=O)OCC(=O)NC. The van der Waals surface area contributed by atoms with Gasteiger partial charge in [-0.25, -0.2) is 4.79 Å². The summed E-state index contributed by atoms with van der Waals surface area (Å²) in [6.45, 7) is 5.58. The fourth-order valence-electron chi connectivity index (χ4n) is 2.04. The number of carbonyl (C=O) groups excluding carboxylic acids is 2. The topological polar surface area (TPSA) is 58.6 Å². The zero-order chi connectivity index (χ0) is 15.9. The Kier molecular flexibility index (Phi) is 12.9. The Morgan fingerprint density at radius 1 is 0.905 bits per heavy atom. The van der Waals surface area contributed by atoms with Crippen molar-refractivity contribution in [2.45, 2.75) is 65.2 Å². The first kappa shape index (κ1) is 19.7. The van der Waals surface area contributed by atoms with Crippen molar-refractivity contribution in [3.05, 3.63) is 0 Å². The minimum Gasteiger partial charge on any atom is -0.439 e. The predicted octanol–water partition coefficient (Wildman–Crippen LogP) is 3.33. The monoisotopic (exact) mass is 300 g/mol. The van der Waals surface area contributed by atoms with Gasteiger partial charge in [0, 0.05) is 20.1 Å². The molecular weight excluding hydrogens is 268 g/mol. The van der Waals surface area contributed by atoms with Crippen molar-refractivity contribution in [1.29, 1.82) is 0 Å². The van der Waals surface area contributed by atoms with E-state index in [9.17, 15) is 9.59 Å². The number of unbranched alkanes of at least 4 members (excludes halogenated alkanes) is 6. The first-order valence-corrected chi connectivity index (χ1v) is 8.27. The lowest BCUT2D eigenvalue weighted by molar-refractivity contribution is -0.123. The number of ether oxygens (including phenoxy) is 1. The van der Waals surface area contributed by atoms with Gasteiger partial charge in [0.15, 0.2) is 6.61 Å². The molecule has 124 valence electrons. The molecule has 0 spiro atoms. The first-order valence-electron chi connectivity index (χ1n) is 8.27. The van der Waals surface area contributed by atoms with Crippen LogP contribution in [-0.2, 0) is 9.53 Å². The van der Waals surface area contributed by atoms with E-state index in [4.69, 9.17) is 4.74 Å². The summed E-state index contributed by atoms with van der Waals surface area (Å²) in [6, 6.07) is 0. The molecule has 2 amide bonds. The van der Waals surface area contributed by atoms with Gasteiger partial charge >= 0.3 is 6.09 Å².